The molecule has 0 spiro atoms. The highest BCUT2D eigenvalue weighted by atomic mass is 15.2. The van der Waals surface area contributed by atoms with Crippen LogP contribution in [0.4, 0.5) is 0 Å². The molecule has 0 fully saturated rings. The highest BCUT2D eigenvalue weighted by Gasteiger charge is 2.16. The summed E-state index contributed by atoms with van der Waals surface area (Å²) in [5, 5.41) is 6.96. The topological polar surface area (TPSA) is 31.9 Å². The van der Waals surface area contributed by atoms with Crippen molar-refractivity contribution in [2.75, 3.05) is 7.05 Å². The number of hydrogen-bond acceptors (Lipinski definition) is 2. The molecule has 3 heteroatoms. The second kappa shape index (κ2) is 4.42. The lowest BCUT2D eigenvalue weighted by molar-refractivity contribution is 0.189. The van der Waals surface area contributed by atoms with E-state index in [9.17, 15) is 0 Å². The van der Waals surface area contributed by atoms with Gasteiger partial charge in [-0.1, -0.05) is 6.92 Å². The predicted octanol–water partition coefficient (Wildman–Crippen LogP) is 2.20. The molecule has 0 saturated heterocycles. The molecule has 13 heavy (non-hydrogen) atoms. The van der Waals surface area contributed by atoms with Gasteiger partial charge in [0.05, 0.1) is 5.69 Å². The molecule has 74 valence electrons. The van der Waals surface area contributed by atoms with Crippen LogP contribution in [-0.2, 0) is 0 Å². The summed E-state index contributed by atoms with van der Waals surface area (Å²) in [5.41, 5.74) is 1.18. The molecule has 1 rings (SSSR count). The lowest BCUT2D eigenvalue weighted by Gasteiger charge is -2.29. The smallest absolute Gasteiger partial charge is 0.0520 e. The van der Waals surface area contributed by atoms with Crippen molar-refractivity contribution in [1.29, 1.82) is 0 Å². The molecule has 2 atom stereocenters. The molecule has 0 aliphatic rings. The summed E-state index contributed by atoms with van der Waals surface area (Å²) < 4.78 is 0. The van der Waals surface area contributed by atoms with Gasteiger partial charge in [0.15, 0.2) is 0 Å². The van der Waals surface area contributed by atoms with E-state index in [0.29, 0.717) is 12.1 Å². The summed E-state index contributed by atoms with van der Waals surface area (Å²) in [7, 11) is 2.15. The van der Waals surface area contributed by atoms with Gasteiger partial charge in [-0.25, -0.2) is 0 Å². The fourth-order valence-electron chi connectivity index (χ4n) is 1.39. The van der Waals surface area contributed by atoms with Crippen molar-refractivity contribution >= 4 is 0 Å². The van der Waals surface area contributed by atoms with E-state index in [4.69, 9.17) is 0 Å². The second-order valence-corrected chi connectivity index (χ2v) is 3.61. The monoisotopic (exact) mass is 181 g/mol. The van der Waals surface area contributed by atoms with Crippen LogP contribution < -0.4 is 0 Å². The maximum atomic E-state index is 3.96. The van der Waals surface area contributed by atoms with Crippen molar-refractivity contribution < 1.29 is 0 Å². The predicted molar refractivity (Wildman–Crippen MR) is 54.5 cm³/mol. The SMILES string of the molecule is CCC(C)N(C)C(C)c1ccn[nH]1. The first-order valence-corrected chi connectivity index (χ1v) is 4.88. The molecule has 0 amide bonds. The minimum absolute atomic E-state index is 0.414. The number of nitrogens with zero attached hydrogens (tertiary/aromatic N) is 2. The molecule has 1 aromatic rings. The highest BCUT2D eigenvalue weighted by Crippen LogP contribution is 2.18. The summed E-state index contributed by atoms with van der Waals surface area (Å²) >= 11 is 0. The Hall–Kier alpha value is -0.830. The average molecular weight is 181 g/mol. The molecule has 0 saturated carbocycles. The standard InChI is InChI=1S/C10H19N3/c1-5-8(2)13(4)9(3)10-6-7-11-12-10/h6-9H,5H2,1-4H3,(H,11,12). The van der Waals surface area contributed by atoms with Crippen molar-refractivity contribution in [3.05, 3.63) is 18.0 Å². The van der Waals surface area contributed by atoms with Gasteiger partial charge >= 0.3 is 0 Å². The second-order valence-electron chi connectivity index (χ2n) is 3.61. The Labute approximate surface area is 80.1 Å². The Bertz CT molecular complexity index is 230. The first kappa shape index (κ1) is 10.3. The van der Waals surface area contributed by atoms with Crippen molar-refractivity contribution in [3.8, 4) is 0 Å². The van der Waals surface area contributed by atoms with E-state index in [0.717, 1.165) is 0 Å². The zero-order chi connectivity index (χ0) is 9.84. The van der Waals surface area contributed by atoms with Crippen LogP contribution in [0.5, 0.6) is 0 Å². The van der Waals surface area contributed by atoms with E-state index < -0.39 is 0 Å². The maximum absolute atomic E-state index is 3.96. The molecular weight excluding hydrogens is 162 g/mol. The summed E-state index contributed by atoms with van der Waals surface area (Å²) in [6.45, 7) is 6.65. The minimum Gasteiger partial charge on any atom is -0.295 e. The number of aromatic amines is 1. The molecule has 0 bridgehead atoms. The molecule has 1 aromatic heterocycles. The third kappa shape index (κ3) is 2.31. The van der Waals surface area contributed by atoms with Crippen molar-refractivity contribution in [1.82, 2.24) is 15.1 Å². The molecule has 0 radical (unpaired) electrons. The number of hydrogen-bond donors (Lipinski definition) is 1. The Morgan fingerprint density at radius 1 is 1.54 bits per heavy atom. The zero-order valence-corrected chi connectivity index (χ0v) is 8.91. The van der Waals surface area contributed by atoms with Crippen molar-refractivity contribution in [2.24, 2.45) is 0 Å². The van der Waals surface area contributed by atoms with Gasteiger partial charge in [0.1, 0.15) is 0 Å². The van der Waals surface area contributed by atoms with Gasteiger partial charge in [0.25, 0.3) is 0 Å². The summed E-state index contributed by atoms with van der Waals surface area (Å²) in [5.74, 6) is 0. The van der Waals surface area contributed by atoms with Crippen LogP contribution in [0.3, 0.4) is 0 Å². The first-order valence-electron chi connectivity index (χ1n) is 4.88. The lowest BCUT2D eigenvalue weighted by Crippen LogP contribution is -2.31. The highest BCUT2D eigenvalue weighted by molar-refractivity contribution is 5.03. The van der Waals surface area contributed by atoms with Crippen LogP contribution in [0.15, 0.2) is 12.3 Å². The van der Waals surface area contributed by atoms with Crippen LogP contribution in [0.25, 0.3) is 0 Å². The molecular formula is C10H19N3. The van der Waals surface area contributed by atoms with E-state index in [-0.39, 0.29) is 0 Å². The molecule has 1 N–H and O–H groups in total. The van der Waals surface area contributed by atoms with Gasteiger partial charge in [0.2, 0.25) is 0 Å². The van der Waals surface area contributed by atoms with E-state index in [1.807, 2.05) is 6.07 Å². The molecule has 0 aliphatic carbocycles. The third-order valence-corrected chi connectivity index (χ3v) is 2.87. The molecule has 3 nitrogen and oxygen atoms in total. The fourth-order valence-corrected chi connectivity index (χ4v) is 1.39. The number of rotatable bonds is 4. The minimum atomic E-state index is 0.414. The maximum Gasteiger partial charge on any atom is 0.0520 e. The summed E-state index contributed by atoms with van der Waals surface area (Å²) in [4.78, 5) is 2.35. The van der Waals surface area contributed by atoms with Crippen LogP contribution in [0.1, 0.15) is 38.9 Å². The lowest BCUT2D eigenvalue weighted by atomic mass is 10.1. The van der Waals surface area contributed by atoms with Gasteiger partial charge in [0, 0.05) is 18.3 Å². The fraction of sp³-hybridized carbons (Fsp3) is 0.700. The largest absolute Gasteiger partial charge is 0.295 e. The van der Waals surface area contributed by atoms with Gasteiger partial charge < -0.3 is 0 Å². The molecule has 1 heterocycles. The Morgan fingerprint density at radius 2 is 2.23 bits per heavy atom. The normalized spacial score (nSPS) is 16.1. The van der Waals surface area contributed by atoms with Crippen LogP contribution in [0.2, 0.25) is 0 Å². The van der Waals surface area contributed by atoms with Gasteiger partial charge in [-0.2, -0.15) is 5.10 Å². The third-order valence-electron chi connectivity index (χ3n) is 2.87. The van der Waals surface area contributed by atoms with Crippen molar-refractivity contribution in [2.45, 2.75) is 39.3 Å². The summed E-state index contributed by atoms with van der Waals surface area (Å²) in [6, 6.07) is 3.06. The Balaban J connectivity index is 2.62. The van der Waals surface area contributed by atoms with Gasteiger partial charge in [-0.05, 0) is 33.4 Å². The molecule has 0 aromatic carbocycles. The van der Waals surface area contributed by atoms with Crippen LogP contribution >= 0.6 is 0 Å². The zero-order valence-electron chi connectivity index (χ0n) is 8.91. The van der Waals surface area contributed by atoms with Gasteiger partial charge in [-0.3, -0.25) is 10.00 Å². The number of aromatic nitrogens is 2. The van der Waals surface area contributed by atoms with Crippen LogP contribution in [-0.4, -0.2) is 28.2 Å². The van der Waals surface area contributed by atoms with Crippen molar-refractivity contribution in [3.63, 3.8) is 0 Å². The Kier molecular flexibility index (Phi) is 3.48. The number of H-pyrrole nitrogens is 1. The van der Waals surface area contributed by atoms with E-state index >= 15 is 0 Å². The number of nitrogens with one attached hydrogen (secondary N) is 1. The van der Waals surface area contributed by atoms with E-state index in [2.05, 4.69) is 42.9 Å². The quantitative estimate of drug-likeness (QED) is 0.772. The molecule has 2 unspecified atom stereocenters. The van der Waals surface area contributed by atoms with E-state index in [1.54, 1.807) is 6.20 Å². The summed E-state index contributed by atoms with van der Waals surface area (Å²) in [6.07, 6.45) is 2.98. The van der Waals surface area contributed by atoms with Gasteiger partial charge in [-0.15, -0.1) is 0 Å². The van der Waals surface area contributed by atoms with Crippen LogP contribution in [0, 0.1) is 0 Å². The first-order chi connectivity index (χ1) is 6.16. The Morgan fingerprint density at radius 3 is 2.69 bits per heavy atom. The molecule has 0 aliphatic heterocycles. The van der Waals surface area contributed by atoms with E-state index in [1.165, 1.54) is 12.1 Å². The average Bonchev–Trinajstić information content (AvgIpc) is 2.67.